The highest BCUT2D eigenvalue weighted by Crippen LogP contribution is 2.20. The van der Waals surface area contributed by atoms with Gasteiger partial charge >= 0.3 is 0 Å². The van der Waals surface area contributed by atoms with Gasteiger partial charge in [0, 0.05) is 23.5 Å². The van der Waals surface area contributed by atoms with Crippen molar-refractivity contribution < 1.29 is 9.59 Å². The van der Waals surface area contributed by atoms with Gasteiger partial charge in [-0.1, -0.05) is 40.9 Å². The summed E-state index contributed by atoms with van der Waals surface area (Å²) in [7, 11) is 0. The first kappa shape index (κ1) is 21.2. The lowest BCUT2D eigenvalue weighted by molar-refractivity contribution is -0.116. The van der Waals surface area contributed by atoms with Crippen LogP contribution in [0.5, 0.6) is 0 Å². The molecule has 0 aliphatic heterocycles. The van der Waals surface area contributed by atoms with E-state index in [1.807, 2.05) is 6.07 Å². The monoisotopic (exact) mass is 482 g/mol. The summed E-state index contributed by atoms with van der Waals surface area (Å²) in [5, 5.41) is 6.35. The van der Waals surface area contributed by atoms with Gasteiger partial charge in [-0.15, -0.1) is 0 Å². The Bertz CT molecular complexity index is 1180. The van der Waals surface area contributed by atoms with Crippen molar-refractivity contribution in [3.8, 4) is 0 Å². The number of carbonyl (C=O) groups excluding carboxylic acids is 2. The number of anilines is 1. The fourth-order valence-electron chi connectivity index (χ4n) is 3.85. The minimum atomic E-state index is -0.276. The number of aryl methyl sites for hydroxylation is 1. The van der Waals surface area contributed by atoms with E-state index in [0.29, 0.717) is 22.2 Å². The van der Waals surface area contributed by atoms with Crippen molar-refractivity contribution in [2.75, 3.05) is 5.32 Å². The molecule has 160 valence electrons. The summed E-state index contributed by atoms with van der Waals surface area (Å²) in [6.45, 7) is 0.191. The van der Waals surface area contributed by atoms with Crippen LogP contribution in [0, 0.1) is 0 Å². The van der Waals surface area contributed by atoms with E-state index >= 15 is 0 Å². The molecule has 7 nitrogen and oxygen atoms in total. The standard InChI is InChI=1S/C23H23BrN4O3/c24-15-9-10-19-18(13-15)23(31)28(14-25-19)12-11-21(29)27-20-8-4-3-7-17(20)22(30)26-16-5-1-2-6-16/h3-4,7-10,13-14,16H,1-2,5-6,11-12H2,(H,26,30)(H,27,29). The average molecular weight is 483 g/mol. The highest BCUT2D eigenvalue weighted by molar-refractivity contribution is 9.10. The zero-order chi connectivity index (χ0) is 21.8. The normalized spacial score (nSPS) is 14.0. The Morgan fingerprint density at radius 1 is 1.13 bits per heavy atom. The first-order valence-electron chi connectivity index (χ1n) is 10.4. The maximum absolute atomic E-state index is 12.7. The number of hydrogen-bond donors (Lipinski definition) is 2. The van der Waals surface area contributed by atoms with Crippen LogP contribution in [0.1, 0.15) is 42.5 Å². The molecule has 1 fully saturated rings. The highest BCUT2D eigenvalue weighted by atomic mass is 79.9. The van der Waals surface area contributed by atoms with Crippen LogP contribution in [-0.4, -0.2) is 27.4 Å². The van der Waals surface area contributed by atoms with Gasteiger partial charge in [0.15, 0.2) is 0 Å². The molecule has 31 heavy (non-hydrogen) atoms. The van der Waals surface area contributed by atoms with Gasteiger partial charge in [-0.3, -0.25) is 19.0 Å². The molecule has 0 radical (unpaired) electrons. The molecule has 1 aliphatic carbocycles. The summed E-state index contributed by atoms with van der Waals surface area (Å²) in [6, 6.07) is 12.5. The summed E-state index contributed by atoms with van der Waals surface area (Å²) in [6.07, 6.45) is 5.78. The Balaban J connectivity index is 1.43. The third-order valence-electron chi connectivity index (χ3n) is 5.50. The molecule has 2 aromatic carbocycles. The molecule has 0 bridgehead atoms. The van der Waals surface area contributed by atoms with Crippen LogP contribution in [0.15, 0.2) is 58.1 Å². The minimum Gasteiger partial charge on any atom is -0.349 e. The number of benzene rings is 2. The van der Waals surface area contributed by atoms with Crippen molar-refractivity contribution in [3.05, 3.63) is 69.2 Å². The first-order chi connectivity index (χ1) is 15.0. The van der Waals surface area contributed by atoms with E-state index in [-0.39, 0.29) is 36.4 Å². The van der Waals surface area contributed by atoms with Crippen LogP contribution in [0.4, 0.5) is 5.69 Å². The maximum Gasteiger partial charge on any atom is 0.261 e. The molecule has 0 saturated heterocycles. The van der Waals surface area contributed by atoms with Crippen molar-refractivity contribution in [1.82, 2.24) is 14.9 Å². The Kier molecular flexibility index (Phi) is 6.46. The van der Waals surface area contributed by atoms with Gasteiger partial charge in [-0.2, -0.15) is 0 Å². The van der Waals surface area contributed by atoms with Crippen LogP contribution in [0.3, 0.4) is 0 Å². The molecule has 2 N–H and O–H groups in total. The second-order valence-electron chi connectivity index (χ2n) is 7.70. The third-order valence-corrected chi connectivity index (χ3v) is 6.00. The van der Waals surface area contributed by atoms with Gasteiger partial charge in [-0.25, -0.2) is 4.98 Å². The van der Waals surface area contributed by atoms with E-state index in [1.54, 1.807) is 36.4 Å². The predicted octanol–water partition coefficient (Wildman–Crippen LogP) is 3.86. The van der Waals surface area contributed by atoms with E-state index in [9.17, 15) is 14.4 Å². The summed E-state index contributed by atoms with van der Waals surface area (Å²) in [5.41, 5.74) is 1.32. The number of rotatable bonds is 6. The number of hydrogen-bond acceptors (Lipinski definition) is 4. The van der Waals surface area contributed by atoms with Crippen molar-refractivity contribution in [2.45, 2.75) is 44.7 Å². The molecule has 1 aromatic heterocycles. The fourth-order valence-corrected chi connectivity index (χ4v) is 4.21. The molecular weight excluding hydrogens is 460 g/mol. The van der Waals surface area contributed by atoms with E-state index in [4.69, 9.17) is 0 Å². The number of carbonyl (C=O) groups is 2. The van der Waals surface area contributed by atoms with E-state index in [1.165, 1.54) is 10.9 Å². The number of fused-ring (bicyclic) bond motifs is 1. The predicted molar refractivity (Wildman–Crippen MR) is 123 cm³/mol. The second-order valence-corrected chi connectivity index (χ2v) is 8.62. The summed E-state index contributed by atoms with van der Waals surface area (Å²) < 4.78 is 2.22. The maximum atomic E-state index is 12.7. The van der Waals surface area contributed by atoms with Gasteiger partial charge in [0.05, 0.1) is 28.5 Å². The molecule has 0 spiro atoms. The summed E-state index contributed by atoms with van der Waals surface area (Å²) in [4.78, 5) is 42.2. The molecule has 0 atom stereocenters. The average Bonchev–Trinajstić information content (AvgIpc) is 3.27. The summed E-state index contributed by atoms with van der Waals surface area (Å²) >= 11 is 3.36. The van der Waals surface area contributed by atoms with Crippen molar-refractivity contribution in [2.24, 2.45) is 0 Å². The molecule has 0 unspecified atom stereocenters. The van der Waals surface area contributed by atoms with E-state index in [0.717, 1.165) is 30.2 Å². The van der Waals surface area contributed by atoms with Gasteiger partial charge in [0.25, 0.3) is 11.5 Å². The Morgan fingerprint density at radius 2 is 1.90 bits per heavy atom. The Morgan fingerprint density at radius 3 is 2.71 bits per heavy atom. The largest absolute Gasteiger partial charge is 0.349 e. The number of amides is 2. The first-order valence-corrected chi connectivity index (χ1v) is 11.1. The third kappa shape index (κ3) is 5.02. The van der Waals surface area contributed by atoms with Crippen LogP contribution in [0.2, 0.25) is 0 Å². The quantitative estimate of drug-likeness (QED) is 0.557. The second kappa shape index (κ2) is 9.43. The summed E-state index contributed by atoms with van der Waals surface area (Å²) in [5.74, 6) is -0.453. The number of nitrogens with zero attached hydrogens (tertiary/aromatic N) is 2. The molecule has 2 amide bonds. The lowest BCUT2D eigenvalue weighted by Crippen LogP contribution is -2.33. The van der Waals surface area contributed by atoms with Crippen molar-refractivity contribution in [3.63, 3.8) is 0 Å². The van der Waals surface area contributed by atoms with Crippen LogP contribution < -0.4 is 16.2 Å². The lowest BCUT2D eigenvalue weighted by atomic mass is 10.1. The van der Waals surface area contributed by atoms with Crippen LogP contribution >= 0.6 is 15.9 Å². The number of halogens is 1. The zero-order valence-corrected chi connectivity index (χ0v) is 18.5. The topological polar surface area (TPSA) is 93.1 Å². The zero-order valence-electron chi connectivity index (χ0n) is 16.9. The highest BCUT2D eigenvalue weighted by Gasteiger charge is 2.20. The SMILES string of the molecule is O=C(CCn1cnc2ccc(Br)cc2c1=O)Nc1ccccc1C(=O)NC1CCCC1. The van der Waals surface area contributed by atoms with Gasteiger partial charge in [0.1, 0.15) is 0 Å². The molecule has 1 saturated carbocycles. The van der Waals surface area contributed by atoms with Crippen molar-refractivity contribution in [1.29, 1.82) is 0 Å². The van der Waals surface area contributed by atoms with Crippen LogP contribution in [0.25, 0.3) is 10.9 Å². The van der Waals surface area contributed by atoms with Gasteiger partial charge in [0.2, 0.25) is 5.91 Å². The molecule has 4 rings (SSSR count). The number of para-hydroxylation sites is 1. The minimum absolute atomic E-state index is 0.0830. The Hall–Kier alpha value is -3.00. The van der Waals surface area contributed by atoms with Crippen LogP contribution in [-0.2, 0) is 11.3 Å². The van der Waals surface area contributed by atoms with Gasteiger partial charge < -0.3 is 10.6 Å². The molecule has 1 heterocycles. The Labute approximate surface area is 188 Å². The van der Waals surface area contributed by atoms with Gasteiger partial charge in [-0.05, 0) is 43.2 Å². The molecule has 1 aliphatic rings. The van der Waals surface area contributed by atoms with E-state index in [2.05, 4.69) is 31.5 Å². The lowest BCUT2D eigenvalue weighted by Gasteiger charge is -2.15. The number of aromatic nitrogens is 2. The molecular formula is C23H23BrN4O3. The molecule has 8 heteroatoms. The molecule has 3 aromatic rings. The fraction of sp³-hybridized carbons (Fsp3) is 0.304. The number of nitrogens with one attached hydrogen (secondary N) is 2. The smallest absolute Gasteiger partial charge is 0.261 e. The van der Waals surface area contributed by atoms with E-state index < -0.39 is 0 Å². The van der Waals surface area contributed by atoms with Crippen molar-refractivity contribution >= 4 is 44.3 Å².